The maximum Gasteiger partial charge on any atom is 0.0998 e. The molecule has 1 nitrogen and oxygen atoms in total. The third-order valence-corrected chi connectivity index (χ3v) is 3.07. The van der Waals surface area contributed by atoms with Gasteiger partial charge in [-0.05, 0) is 28.2 Å². The molecule has 0 amide bonds. The average molecular weight is 235 g/mol. The minimum atomic E-state index is 0.0686. The summed E-state index contributed by atoms with van der Waals surface area (Å²) in [7, 11) is 0. The van der Waals surface area contributed by atoms with Gasteiger partial charge in [-0.3, -0.25) is 0 Å². The Morgan fingerprint density at radius 1 is 0.833 bits per heavy atom. The molecule has 0 spiro atoms. The van der Waals surface area contributed by atoms with Crippen molar-refractivity contribution in [2.45, 2.75) is 26.2 Å². The molecule has 0 aliphatic heterocycles. The molecule has 0 N–H and O–H groups in total. The van der Waals surface area contributed by atoms with Crippen molar-refractivity contribution in [2.24, 2.45) is 0 Å². The van der Waals surface area contributed by atoms with Gasteiger partial charge in [0.2, 0.25) is 0 Å². The van der Waals surface area contributed by atoms with Crippen LogP contribution in [0.2, 0.25) is 0 Å². The van der Waals surface area contributed by atoms with E-state index in [1.165, 1.54) is 5.56 Å². The Morgan fingerprint density at radius 3 is 2.00 bits per heavy atom. The lowest BCUT2D eigenvalue weighted by atomic mass is 9.81. The van der Waals surface area contributed by atoms with E-state index in [1.807, 2.05) is 30.3 Å². The zero-order chi connectivity index (χ0) is 13.2. The minimum Gasteiger partial charge on any atom is -0.192 e. The van der Waals surface area contributed by atoms with Crippen LogP contribution in [0, 0.1) is 11.3 Å². The van der Waals surface area contributed by atoms with Gasteiger partial charge < -0.3 is 0 Å². The van der Waals surface area contributed by atoms with Crippen LogP contribution in [0.5, 0.6) is 0 Å². The topological polar surface area (TPSA) is 23.8 Å². The fourth-order valence-electron chi connectivity index (χ4n) is 2.19. The van der Waals surface area contributed by atoms with Gasteiger partial charge in [-0.15, -0.1) is 0 Å². The van der Waals surface area contributed by atoms with Crippen LogP contribution in [0.3, 0.4) is 0 Å². The van der Waals surface area contributed by atoms with Crippen LogP contribution in [0.4, 0.5) is 0 Å². The normalized spacial score (nSPS) is 11.0. The Morgan fingerprint density at radius 2 is 1.39 bits per heavy atom. The summed E-state index contributed by atoms with van der Waals surface area (Å²) >= 11 is 0. The average Bonchev–Trinajstić information content (AvgIpc) is 2.37. The number of hydrogen-bond donors (Lipinski definition) is 0. The highest BCUT2D eigenvalue weighted by Crippen LogP contribution is 2.34. The van der Waals surface area contributed by atoms with Crippen molar-refractivity contribution in [1.29, 1.82) is 5.26 Å². The summed E-state index contributed by atoms with van der Waals surface area (Å²) in [6, 6.07) is 18.4. The van der Waals surface area contributed by atoms with Gasteiger partial charge >= 0.3 is 0 Å². The van der Waals surface area contributed by atoms with E-state index in [0.717, 1.165) is 16.7 Å². The largest absolute Gasteiger partial charge is 0.192 e. The SMILES string of the molecule is CC(C)(C)c1ccccc1-c1ccccc1C#N. The van der Waals surface area contributed by atoms with Gasteiger partial charge in [-0.2, -0.15) is 5.26 Å². The minimum absolute atomic E-state index is 0.0686. The molecule has 90 valence electrons. The Labute approximate surface area is 109 Å². The van der Waals surface area contributed by atoms with Crippen molar-refractivity contribution >= 4 is 0 Å². The van der Waals surface area contributed by atoms with Crippen LogP contribution in [0.1, 0.15) is 31.9 Å². The van der Waals surface area contributed by atoms with Gasteiger partial charge in [-0.1, -0.05) is 63.2 Å². The summed E-state index contributed by atoms with van der Waals surface area (Å²) < 4.78 is 0. The molecule has 2 aromatic carbocycles. The van der Waals surface area contributed by atoms with Crippen LogP contribution in [-0.2, 0) is 5.41 Å². The Hall–Kier alpha value is -2.07. The summed E-state index contributed by atoms with van der Waals surface area (Å²) in [4.78, 5) is 0. The molecule has 0 unspecified atom stereocenters. The molecule has 0 fully saturated rings. The van der Waals surface area contributed by atoms with Crippen molar-refractivity contribution in [3.05, 3.63) is 59.7 Å². The standard InChI is InChI=1S/C17H17N/c1-17(2,3)16-11-7-6-10-15(16)14-9-5-4-8-13(14)12-18/h4-11H,1-3H3. The van der Waals surface area contributed by atoms with Crippen LogP contribution in [0.15, 0.2) is 48.5 Å². The van der Waals surface area contributed by atoms with Crippen LogP contribution < -0.4 is 0 Å². The van der Waals surface area contributed by atoms with Gasteiger partial charge in [0.05, 0.1) is 11.6 Å². The van der Waals surface area contributed by atoms with E-state index in [0.29, 0.717) is 0 Å². The van der Waals surface area contributed by atoms with Crippen LogP contribution >= 0.6 is 0 Å². The first-order chi connectivity index (χ1) is 8.54. The van der Waals surface area contributed by atoms with Gasteiger partial charge in [0.25, 0.3) is 0 Å². The Bertz CT molecular complexity index is 597. The fraction of sp³-hybridized carbons (Fsp3) is 0.235. The molecule has 0 heterocycles. The molecule has 0 saturated heterocycles. The smallest absolute Gasteiger partial charge is 0.0998 e. The number of hydrogen-bond acceptors (Lipinski definition) is 1. The molecule has 0 aliphatic rings. The molecule has 18 heavy (non-hydrogen) atoms. The first-order valence-electron chi connectivity index (χ1n) is 6.13. The van der Waals surface area contributed by atoms with E-state index < -0.39 is 0 Å². The van der Waals surface area contributed by atoms with Crippen molar-refractivity contribution in [2.75, 3.05) is 0 Å². The second-order valence-corrected chi connectivity index (χ2v) is 5.45. The van der Waals surface area contributed by atoms with Crippen molar-refractivity contribution < 1.29 is 0 Å². The van der Waals surface area contributed by atoms with E-state index in [1.54, 1.807) is 0 Å². The van der Waals surface area contributed by atoms with Gasteiger partial charge in [0.15, 0.2) is 0 Å². The number of benzene rings is 2. The van der Waals surface area contributed by atoms with Crippen molar-refractivity contribution in [3.8, 4) is 17.2 Å². The predicted octanol–water partition coefficient (Wildman–Crippen LogP) is 4.52. The van der Waals surface area contributed by atoms with E-state index in [4.69, 9.17) is 0 Å². The molecule has 0 bridgehead atoms. The van der Waals surface area contributed by atoms with Crippen LogP contribution in [-0.4, -0.2) is 0 Å². The maximum absolute atomic E-state index is 9.22. The molecule has 2 aromatic rings. The van der Waals surface area contributed by atoms with Crippen LogP contribution in [0.25, 0.3) is 11.1 Å². The third kappa shape index (κ3) is 2.28. The highest BCUT2D eigenvalue weighted by atomic mass is 14.3. The van der Waals surface area contributed by atoms with Crippen molar-refractivity contribution in [3.63, 3.8) is 0 Å². The third-order valence-electron chi connectivity index (χ3n) is 3.07. The summed E-state index contributed by atoms with van der Waals surface area (Å²) in [5, 5.41) is 9.22. The van der Waals surface area contributed by atoms with E-state index >= 15 is 0 Å². The lowest BCUT2D eigenvalue weighted by Crippen LogP contribution is -2.12. The Balaban J connectivity index is 2.69. The first-order valence-corrected chi connectivity index (χ1v) is 6.13. The van der Waals surface area contributed by atoms with Gasteiger partial charge in [0.1, 0.15) is 0 Å². The summed E-state index contributed by atoms with van der Waals surface area (Å²) in [5.74, 6) is 0. The molecule has 0 atom stereocenters. The summed E-state index contributed by atoms with van der Waals surface area (Å²) in [5.41, 5.74) is 4.24. The molecule has 2 rings (SSSR count). The fourth-order valence-corrected chi connectivity index (χ4v) is 2.19. The lowest BCUT2D eigenvalue weighted by molar-refractivity contribution is 0.592. The van der Waals surface area contributed by atoms with Gasteiger partial charge in [0, 0.05) is 0 Å². The molecular weight excluding hydrogens is 218 g/mol. The van der Waals surface area contributed by atoms with Crippen molar-refractivity contribution in [1.82, 2.24) is 0 Å². The second kappa shape index (κ2) is 4.66. The van der Waals surface area contributed by atoms with Gasteiger partial charge in [-0.25, -0.2) is 0 Å². The number of nitrogens with zero attached hydrogens (tertiary/aromatic N) is 1. The molecule has 1 heteroatoms. The molecule has 0 saturated carbocycles. The molecule has 0 aromatic heterocycles. The summed E-state index contributed by atoms with van der Waals surface area (Å²) in [6.45, 7) is 6.59. The highest BCUT2D eigenvalue weighted by Gasteiger charge is 2.19. The predicted molar refractivity (Wildman–Crippen MR) is 75.3 cm³/mol. The number of rotatable bonds is 1. The summed E-state index contributed by atoms with van der Waals surface area (Å²) in [6.07, 6.45) is 0. The quantitative estimate of drug-likeness (QED) is 0.712. The first kappa shape index (κ1) is 12.4. The Kier molecular flexibility index (Phi) is 3.21. The molecular formula is C17H17N. The monoisotopic (exact) mass is 235 g/mol. The zero-order valence-electron chi connectivity index (χ0n) is 11.1. The highest BCUT2D eigenvalue weighted by molar-refractivity contribution is 5.74. The second-order valence-electron chi connectivity index (χ2n) is 5.45. The lowest BCUT2D eigenvalue weighted by Gasteiger charge is -2.23. The zero-order valence-corrected chi connectivity index (χ0v) is 11.1. The molecule has 0 aliphatic carbocycles. The van der Waals surface area contributed by atoms with E-state index in [2.05, 4.69) is 45.0 Å². The maximum atomic E-state index is 9.22. The number of nitriles is 1. The van der Waals surface area contributed by atoms with E-state index in [-0.39, 0.29) is 5.41 Å². The molecule has 0 radical (unpaired) electrons. The van der Waals surface area contributed by atoms with E-state index in [9.17, 15) is 5.26 Å².